The molecule has 9 heteroatoms. The summed E-state index contributed by atoms with van der Waals surface area (Å²) < 4.78 is 11.5. The average Bonchev–Trinajstić information content (AvgIpc) is 2.61. The van der Waals surface area contributed by atoms with Gasteiger partial charge < -0.3 is 35.0 Å². The van der Waals surface area contributed by atoms with E-state index in [-0.39, 0.29) is 17.9 Å². The van der Waals surface area contributed by atoms with Crippen LogP contribution in [0.4, 0.5) is 0 Å². The highest BCUT2D eigenvalue weighted by Gasteiger charge is 2.64. The molecule has 3 rings (SSSR count). The lowest BCUT2D eigenvalue weighted by Gasteiger charge is -2.48. The van der Waals surface area contributed by atoms with Gasteiger partial charge in [0.1, 0.15) is 28.6 Å². The zero-order valence-electron chi connectivity index (χ0n) is 15.7. The van der Waals surface area contributed by atoms with Gasteiger partial charge in [0.2, 0.25) is 11.4 Å². The molecule has 29 heavy (non-hydrogen) atoms. The lowest BCUT2D eigenvalue weighted by molar-refractivity contribution is -0.277. The lowest BCUT2D eigenvalue weighted by Crippen LogP contribution is -2.64. The monoisotopic (exact) mass is 404 g/mol. The molecule has 1 aliphatic heterocycles. The Hall–Kier alpha value is -3.30. The van der Waals surface area contributed by atoms with Crippen molar-refractivity contribution in [3.8, 4) is 28.7 Å². The smallest absolute Gasteiger partial charge is 0.274 e. The first kappa shape index (κ1) is 20.4. The maximum atomic E-state index is 13.3. The van der Waals surface area contributed by atoms with Crippen LogP contribution in [0.2, 0.25) is 0 Å². The van der Waals surface area contributed by atoms with E-state index in [1.54, 1.807) is 6.92 Å². The SMILES string of the molecule is CCOC1(c2ccc(O)c(O)c2)Oc2cc(O)cc(O)c2C(=O)C1(O)CC(C)=O. The first-order valence-corrected chi connectivity index (χ1v) is 8.73. The number of rotatable bonds is 5. The number of Topliss-reactive ketones (excluding diaryl/α,β-unsaturated/α-hetero) is 2. The van der Waals surface area contributed by atoms with Crippen LogP contribution >= 0.6 is 0 Å². The van der Waals surface area contributed by atoms with E-state index < -0.39 is 57.9 Å². The fraction of sp³-hybridized carbons (Fsp3) is 0.300. The minimum Gasteiger partial charge on any atom is -0.508 e. The normalized spacial score (nSPS) is 23.3. The van der Waals surface area contributed by atoms with Gasteiger partial charge in [-0.3, -0.25) is 9.59 Å². The van der Waals surface area contributed by atoms with E-state index in [1.807, 2.05) is 0 Å². The van der Waals surface area contributed by atoms with E-state index >= 15 is 0 Å². The Balaban J connectivity index is 2.37. The number of carbonyl (C=O) groups is 2. The average molecular weight is 404 g/mol. The maximum absolute atomic E-state index is 13.3. The van der Waals surface area contributed by atoms with Gasteiger partial charge >= 0.3 is 0 Å². The van der Waals surface area contributed by atoms with Gasteiger partial charge in [-0.2, -0.15) is 0 Å². The number of hydrogen-bond donors (Lipinski definition) is 5. The molecule has 0 radical (unpaired) electrons. The summed E-state index contributed by atoms with van der Waals surface area (Å²) in [6, 6.07) is 5.32. The molecule has 154 valence electrons. The van der Waals surface area contributed by atoms with Gasteiger partial charge in [0, 0.05) is 30.7 Å². The number of aliphatic hydroxyl groups is 1. The summed E-state index contributed by atoms with van der Waals surface area (Å²) in [7, 11) is 0. The van der Waals surface area contributed by atoms with Gasteiger partial charge in [-0.15, -0.1) is 0 Å². The van der Waals surface area contributed by atoms with Crippen LogP contribution in [-0.2, 0) is 15.3 Å². The summed E-state index contributed by atoms with van der Waals surface area (Å²) >= 11 is 0. The molecule has 0 spiro atoms. The molecule has 0 saturated heterocycles. The number of carbonyl (C=O) groups excluding carboxylic acids is 2. The van der Waals surface area contributed by atoms with E-state index in [9.17, 15) is 35.1 Å². The zero-order valence-corrected chi connectivity index (χ0v) is 15.7. The van der Waals surface area contributed by atoms with Crippen molar-refractivity contribution in [2.75, 3.05) is 6.61 Å². The molecular weight excluding hydrogens is 384 g/mol. The predicted molar refractivity (Wildman–Crippen MR) is 98.1 cm³/mol. The molecule has 2 aromatic rings. The summed E-state index contributed by atoms with van der Waals surface area (Å²) in [6.07, 6.45) is -0.729. The number of phenols is 4. The molecule has 1 aliphatic rings. The van der Waals surface area contributed by atoms with Crippen molar-refractivity contribution in [1.82, 2.24) is 0 Å². The van der Waals surface area contributed by atoms with Crippen LogP contribution in [0.15, 0.2) is 30.3 Å². The van der Waals surface area contributed by atoms with Crippen molar-refractivity contribution in [1.29, 1.82) is 0 Å². The first-order chi connectivity index (χ1) is 13.6. The maximum Gasteiger partial charge on any atom is 0.274 e. The Morgan fingerprint density at radius 3 is 2.34 bits per heavy atom. The van der Waals surface area contributed by atoms with E-state index in [0.717, 1.165) is 31.2 Å². The van der Waals surface area contributed by atoms with E-state index in [0.29, 0.717) is 0 Å². The highest BCUT2D eigenvalue weighted by molar-refractivity contribution is 6.10. The van der Waals surface area contributed by atoms with Crippen LogP contribution in [0.3, 0.4) is 0 Å². The largest absolute Gasteiger partial charge is 0.508 e. The number of ketones is 2. The van der Waals surface area contributed by atoms with E-state index in [1.165, 1.54) is 6.07 Å². The zero-order chi connectivity index (χ0) is 21.6. The van der Waals surface area contributed by atoms with Crippen molar-refractivity contribution in [2.45, 2.75) is 31.7 Å². The minimum atomic E-state index is -2.63. The molecule has 5 N–H and O–H groups in total. The van der Waals surface area contributed by atoms with Crippen LogP contribution < -0.4 is 4.74 Å². The number of phenolic OH excluding ortho intramolecular Hbond substituents is 4. The highest BCUT2D eigenvalue weighted by Crippen LogP contribution is 2.52. The van der Waals surface area contributed by atoms with Crippen molar-refractivity contribution in [3.05, 3.63) is 41.5 Å². The van der Waals surface area contributed by atoms with Crippen molar-refractivity contribution >= 4 is 11.6 Å². The van der Waals surface area contributed by atoms with E-state index in [4.69, 9.17) is 9.47 Å². The molecule has 0 fully saturated rings. The Morgan fingerprint density at radius 2 is 1.76 bits per heavy atom. The molecule has 0 aromatic heterocycles. The van der Waals surface area contributed by atoms with Gasteiger partial charge in [0.25, 0.3) is 5.79 Å². The topological polar surface area (TPSA) is 154 Å². The number of hydrogen-bond acceptors (Lipinski definition) is 9. The molecule has 9 nitrogen and oxygen atoms in total. The highest BCUT2D eigenvalue weighted by atomic mass is 16.7. The molecule has 2 atom stereocenters. The van der Waals surface area contributed by atoms with Crippen molar-refractivity contribution in [2.24, 2.45) is 0 Å². The summed E-state index contributed by atoms with van der Waals surface area (Å²) in [4.78, 5) is 25.2. The van der Waals surface area contributed by atoms with Gasteiger partial charge in [-0.25, -0.2) is 0 Å². The Labute approximate surface area is 165 Å². The third kappa shape index (κ3) is 3.04. The lowest BCUT2D eigenvalue weighted by atomic mass is 9.75. The molecule has 0 aliphatic carbocycles. The minimum absolute atomic E-state index is 0.0692. The Kier molecular flexibility index (Phi) is 4.89. The second kappa shape index (κ2) is 6.94. The second-order valence-electron chi connectivity index (χ2n) is 6.76. The summed E-state index contributed by atoms with van der Waals surface area (Å²) in [5.74, 6) is -6.34. The van der Waals surface area contributed by atoms with E-state index in [2.05, 4.69) is 0 Å². The second-order valence-corrected chi connectivity index (χ2v) is 6.76. The van der Waals surface area contributed by atoms with Crippen LogP contribution in [0, 0.1) is 0 Å². The summed E-state index contributed by atoms with van der Waals surface area (Å²) in [6.45, 7) is 2.62. The quantitative estimate of drug-likeness (QED) is 0.468. The number of fused-ring (bicyclic) bond motifs is 1. The first-order valence-electron chi connectivity index (χ1n) is 8.73. The number of ether oxygens (including phenoxy) is 2. The van der Waals surface area contributed by atoms with Crippen molar-refractivity contribution in [3.63, 3.8) is 0 Å². The van der Waals surface area contributed by atoms with Crippen LogP contribution in [0.5, 0.6) is 28.7 Å². The number of benzene rings is 2. The van der Waals surface area contributed by atoms with Gasteiger partial charge in [-0.05, 0) is 32.0 Å². The third-order valence-electron chi connectivity index (χ3n) is 4.67. The molecule has 2 aromatic carbocycles. The Morgan fingerprint density at radius 1 is 1.07 bits per heavy atom. The molecule has 0 amide bonds. The fourth-order valence-corrected chi connectivity index (χ4v) is 3.51. The van der Waals surface area contributed by atoms with Gasteiger partial charge in [-0.1, -0.05) is 0 Å². The predicted octanol–water partition coefficient (Wildman–Crippen LogP) is 1.68. The van der Waals surface area contributed by atoms with Gasteiger partial charge in [0.05, 0.1) is 0 Å². The summed E-state index contributed by atoms with van der Waals surface area (Å²) in [5.41, 5.74) is -3.12. The molecule has 0 saturated carbocycles. The number of aromatic hydroxyl groups is 4. The van der Waals surface area contributed by atoms with Crippen LogP contribution in [-0.4, -0.2) is 49.3 Å². The molecule has 1 heterocycles. The van der Waals surface area contributed by atoms with Crippen molar-refractivity contribution < 1.29 is 44.6 Å². The Bertz CT molecular complexity index is 1000. The van der Waals surface area contributed by atoms with Crippen LogP contribution in [0.25, 0.3) is 0 Å². The summed E-state index contributed by atoms with van der Waals surface area (Å²) in [5, 5.41) is 51.0. The standard InChI is InChI=1S/C20H20O9/c1-3-28-20(11-4-5-13(23)14(24)6-11)19(27,9-10(2)21)18(26)17-15(25)7-12(22)8-16(17)29-20/h4-8,22-25,27H,3,9H2,1-2H3. The van der Waals surface area contributed by atoms with Crippen LogP contribution in [0.1, 0.15) is 36.2 Å². The third-order valence-corrected chi connectivity index (χ3v) is 4.67. The molecule has 2 unspecified atom stereocenters. The van der Waals surface area contributed by atoms with Gasteiger partial charge in [0.15, 0.2) is 11.5 Å². The molecular formula is C20H20O9. The fourth-order valence-electron chi connectivity index (χ4n) is 3.51. The molecule has 0 bridgehead atoms.